The molecule has 2 rings (SSSR count). The zero-order chi connectivity index (χ0) is 19.8. The lowest BCUT2D eigenvalue weighted by Crippen LogP contribution is -2.42. The molecule has 1 aromatic heterocycles. The summed E-state index contributed by atoms with van der Waals surface area (Å²) in [5, 5.41) is 3.01. The van der Waals surface area contributed by atoms with Gasteiger partial charge in [-0.05, 0) is 31.5 Å². The van der Waals surface area contributed by atoms with E-state index in [9.17, 15) is 18.8 Å². The normalized spacial score (nSPS) is 10.3. The fourth-order valence-corrected chi connectivity index (χ4v) is 3.16. The zero-order valence-electron chi connectivity index (χ0n) is 14.9. The lowest BCUT2D eigenvalue weighted by atomic mass is 10.2. The third-order valence-corrected chi connectivity index (χ3v) is 4.64. The summed E-state index contributed by atoms with van der Waals surface area (Å²) in [7, 11) is 0. The van der Waals surface area contributed by atoms with E-state index in [2.05, 4.69) is 16.2 Å². The van der Waals surface area contributed by atoms with Gasteiger partial charge in [-0.25, -0.2) is 14.6 Å². The van der Waals surface area contributed by atoms with Gasteiger partial charge in [-0.2, -0.15) is 0 Å². The molecular formula is C18H20FN3O4S. The molecule has 0 saturated heterocycles. The minimum atomic E-state index is -0.697. The average molecular weight is 393 g/mol. The number of esters is 1. The fourth-order valence-electron chi connectivity index (χ4n) is 2.16. The van der Waals surface area contributed by atoms with Gasteiger partial charge in [0.05, 0.1) is 24.3 Å². The van der Waals surface area contributed by atoms with Crippen molar-refractivity contribution >= 4 is 34.1 Å². The smallest absolute Gasteiger partial charge is 0.341 e. The molecule has 0 radical (unpaired) electrons. The number of hydrazine groups is 1. The highest BCUT2D eigenvalue weighted by molar-refractivity contribution is 7.16. The number of carbonyl (C=O) groups excluding carboxylic acids is 3. The van der Waals surface area contributed by atoms with Crippen LogP contribution in [-0.2, 0) is 16.0 Å². The number of aryl methyl sites for hydroxylation is 1. The van der Waals surface area contributed by atoms with Crippen LogP contribution in [0.2, 0.25) is 0 Å². The summed E-state index contributed by atoms with van der Waals surface area (Å²) in [6.07, 6.45) is 0.712. The quantitative estimate of drug-likeness (QED) is 0.473. The largest absolute Gasteiger partial charge is 0.462 e. The molecular weight excluding hydrogens is 373 g/mol. The lowest BCUT2D eigenvalue weighted by Gasteiger charge is -2.09. The first-order chi connectivity index (χ1) is 13.0. The van der Waals surface area contributed by atoms with Gasteiger partial charge >= 0.3 is 5.97 Å². The Labute approximate surface area is 159 Å². The van der Waals surface area contributed by atoms with Gasteiger partial charge < -0.3 is 10.1 Å². The average Bonchev–Trinajstić information content (AvgIpc) is 3.05. The highest BCUT2D eigenvalue weighted by Crippen LogP contribution is 2.29. The molecule has 0 aliphatic heterocycles. The van der Waals surface area contributed by atoms with Gasteiger partial charge in [0.1, 0.15) is 10.8 Å². The molecule has 0 bridgehead atoms. The Bertz CT molecular complexity index is 838. The van der Waals surface area contributed by atoms with Gasteiger partial charge in [0.15, 0.2) is 0 Å². The molecule has 0 aliphatic rings. The van der Waals surface area contributed by atoms with Crippen molar-refractivity contribution in [1.82, 2.24) is 10.9 Å². The van der Waals surface area contributed by atoms with E-state index in [-0.39, 0.29) is 18.7 Å². The van der Waals surface area contributed by atoms with E-state index >= 15 is 0 Å². The molecule has 2 aromatic rings. The number of nitrogens with one attached hydrogen (secondary N) is 3. The standard InChI is InChI=1S/C18H20FN3O4S/c1-3-11-9-13(18(25)26-4-2)17(27-11)21-15(23)10-20-22-16(24)12-7-5-6-8-14(12)19/h5-9,20H,3-4,10H2,1-2H3,(H,21,23)(H,22,24). The Balaban J connectivity index is 1.92. The van der Waals surface area contributed by atoms with Gasteiger partial charge in [-0.1, -0.05) is 19.1 Å². The second-order valence-electron chi connectivity index (χ2n) is 5.37. The Morgan fingerprint density at radius 2 is 1.89 bits per heavy atom. The van der Waals surface area contributed by atoms with Crippen LogP contribution in [0.25, 0.3) is 0 Å². The van der Waals surface area contributed by atoms with Crippen LogP contribution >= 0.6 is 11.3 Å². The number of carbonyl (C=O) groups is 3. The first-order valence-electron chi connectivity index (χ1n) is 8.33. The van der Waals surface area contributed by atoms with Crippen LogP contribution in [0, 0.1) is 5.82 Å². The first kappa shape index (κ1) is 20.5. The van der Waals surface area contributed by atoms with Crippen LogP contribution < -0.4 is 16.2 Å². The number of thiophene rings is 1. The topological polar surface area (TPSA) is 96.5 Å². The van der Waals surface area contributed by atoms with Crippen molar-refractivity contribution in [2.45, 2.75) is 20.3 Å². The van der Waals surface area contributed by atoms with E-state index < -0.39 is 23.6 Å². The van der Waals surface area contributed by atoms with Crippen molar-refractivity contribution in [2.24, 2.45) is 0 Å². The van der Waals surface area contributed by atoms with Gasteiger partial charge in [-0.15, -0.1) is 11.3 Å². The second kappa shape index (κ2) is 9.79. The summed E-state index contributed by atoms with van der Waals surface area (Å²) in [4.78, 5) is 36.9. The number of benzene rings is 1. The third kappa shape index (κ3) is 5.60. The number of amides is 2. The van der Waals surface area contributed by atoms with E-state index in [4.69, 9.17) is 4.74 Å². The molecule has 1 aromatic carbocycles. The number of halogens is 1. The van der Waals surface area contributed by atoms with Gasteiger partial charge in [0.2, 0.25) is 5.91 Å². The van der Waals surface area contributed by atoms with Gasteiger partial charge in [0.25, 0.3) is 5.91 Å². The van der Waals surface area contributed by atoms with Crippen molar-refractivity contribution in [3.63, 3.8) is 0 Å². The minimum Gasteiger partial charge on any atom is -0.462 e. The number of rotatable bonds is 8. The van der Waals surface area contributed by atoms with E-state index in [1.165, 1.54) is 35.6 Å². The van der Waals surface area contributed by atoms with E-state index in [1.807, 2.05) is 6.92 Å². The monoisotopic (exact) mass is 393 g/mol. The fraction of sp³-hybridized carbons (Fsp3) is 0.278. The molecule has 0 fully saturated rings. The summed E-state index contributed by atoms with van der Waals surface area (Å²) in [6, 6.07) is 7.19. The molecule has 7 nitrogen and oxygen atoms in total. The predicted octanol–water partition coefficient (Wildman–Crippen LogP) is 2.50. The van der Waals surface area contributed by atoms with Crippen molar-refractivity contribution < 1.29 is 23.5 Å². The van der Waals surface area contributed by atoms with Crippen LogP contribution in [0.5, 0.6) is 0 Å². The SMILES string of the molecule is CCOC(=O)c1cc(CC)sc1NC(=O)CNNC(=O)c1ccccc1F. The molecule has 0 saturated carbocycles. The summed E-state index contributed by atoms with van der Waals surface area (Å²) in [6.45, 7) is 3.60. The van der Waals surface area contributed by atoms with Crippen molar-refractivity contribution in [3.05, 3.63) is 52.2 Å². The first-order valence-corrected chi connectivity index (χ1v) is 9.15. The summed E-state index contributed by atoms with van der Waals surface area (Å²) >= 11 is 1.28. The molecule has 9 heteroatoms. The minimum absolute atomic E-state index is 0.138. The highest BCUT2D eigenvalue weighted by atomic mass is 32.1. The van der Waals surface area contributed by atoms with Crippen LogP contribution in [-0.4, -0.2) is 30.9 Å². The van der Waals surface area contributed by atoms with Gasteiger partial charge in [0, 0.05) is 4.88 Å². The van der Waals surface area contributed by atoms with E-state index in [0.717, 1.165) is 4.88 Å². The molecule has 2 amide bonds. The predicted molar refractivity (Wildman–Crippen MR) is 100 cm³/mol. The Hall–Kier alpha value is -2.78. The van der Waals surface area contributed by atoms with Gasteiger partial charge in [-0.3, -0.25) is 15.0 Å². The number of hydrogen-bond donors (Lipinski definition) is 3. The van der Waals surface area contributed by atoms with Crippen LogP contribution in [0.3, 0.4) is 0 Å². The molecule has 0 atom stereocenters. The Kier molecular flexibility index (Phi) is 7.44. The molecule has 0 unspecified atom stereocenters. The molecule has 27 heavy (non-hydrogen) atoms. The molecule has 1 heterocycles. The van der Waals surface area contributed by atoms with Crippen molar-refractivity contribution in [2.75, 3.05) is 18.5 Å². The number of anilines is 1. The maximum Gasteiger partial charge on any atom is 0.341 e. The maximum absolute atomic E-state index is 13.5. The van der Waals surface area contributed by atoms with Crippen LogP contribution in [0.15, 0.2) is 30.3 Å². The highest BCUT2D eigenvalue weighted by Gasteiger charge is 2.18. The molecule has 3 N–H and O–H groups in total. The maximum atomic E-state index is 13.5. The number of ether oxygens (including phenoxy) is 1. The molecule has 144 valence electrons. The third-order valence-electron chi connectivity index (χ3n) is 3.45. The van der Waals surface area contributed by atoms with Crippen LogP contribution in [0.4, 0.5) is 9.39 Å². The van der Waals surface area contributed by atoms with E-state index in [0.29, 0.717) is 17.0 Å². The zero-order valence-corrected chi connectivity index (χ0v) is 15.7. The molecule has 0 spiro atoms. The summed E-state index contributed by atoms with van der Waals surface area (Å²) in [5.74, 6) is -2.34. The lowest BCUT2D eigenvalue weighted by molar-refractivity contribution is -0.115. The Morgan fingerprint density at radius 1 is 1.15 bits per heavy atom. The second-order valence-corrected chi connectivity index (χ2v) is 6.50. The van der Waals surface area contributed by atoms with E-state index in [1.54, 1.807) is 13.0 Å². The van der Waals surface area contributed by atoms with Crippen molar-refractivity contribution in [3.8, 4) is 0 Å². The summed E-state index contributed by atoms with van der Waals surface area (Å²) < 4.78 is 18.5. The van der Waals surface area contributed by atoms with Crippen molar-refractivity contribution in [1.29, 1.82) is 0 Å². The summed E-state index contributed by atoms with van der Waals surface area (Å²) in [5.41, 5.74) is 4.84. The molecule has 0 aliphatic carbocycles. The van der Waals surface area contributed by atoms with Crippen LogP contribution in [0.1, 0.15) is 39.4 Å². The Morgan fingerprint density at radius 3 is 2.56 bits per heavy atom. The number of hydrogen-bond acceptors (Lipinski definition) is 6.